The smallest absolute Gasteiger partial charge is 0.270 e. The standard InChI is InChI=1S/C16H17BrN2O/c1-11(2)13-8-6-12(7-9-13)10-18-16(20)14-4-3-5-15(17)19-14/h3-9,11H,10H2,1-2H3,(H,18,20). The summed E-state index contributed by atoms with van der Waals surface area (Å²) in [6, 6.07) is 13.6. The number of rotatable bonds is 4. The second-order valence-corrected chi connectivity index (χ2v) is 5.74. The zero-order valence-electron chi connectivity index (χ0n) is 11.6. The number of hydrogen-bond donors (Lipinski definition) is 1. The minimum absolute atomic E-state index is 0.167. The summed E-state index contributed by atoms with van der Waals surface area (Å²) in [4.78, 5) is 16.1. The van der Waals surface area contributed by atoms with Gasteiger partial charge in [-0.3, -0.25) is 4.79 Å². The highest BCUT2D eigenvalue weighted by Crippen LogP contribution is 2.14. The van der Waals surface area contributed by atoms with Crippen molar-refractivity contribution < 1.29 is 4.79 Å². The first-order valence-electron chi connectivity index (χ1n) is 6.56. The molecule has 1 aromatic heterocycles. The van der Waals surface area contributed by atoms with Gasteiger partial charge >= 0.3 is 0 Å². The van der Waals surface area contributed by atoms with E-state index in [1.807, 2.05) is 12.1 Å². The van der Waals surface area contributed by atoms with Crippen LogP contribution in [0.15, 0.2) is 47.1 Å². The molecule has 0 saturated heterocycles. The van der Waals surface area contributed by atoms with Crippen molar-refractivity contribution in [3.05, 3.63) is 63.9 Å². The third kappa shape index (κ3) is 3.90. The molecular weight excluding hydrogens is 316 g/mol. The number of nitrogens with zero attached hydrogens (tertiary/aromatic N) is 1. The van der Waals surface area contributed by atoms with Gasteiger partial charge in [-0.2, -0.15) is 0 Å². The van der Waals surface area contributed by atoms with E-state index in [1.54, 1.807) is 18.2 Å². The van der Waals surface area contributed by atoms with Crippen molar-refractivity contribution in [2.45, 2.75) is 26.3 Å². The number of carbonyl (C=O) groups is 1. The van der Waals surface area contributed by atoms with Gasteiger partial charge in [0, 0.05) is 6.54 Å². The fraction of sp³-hybridized carbons (Fsp3) is 0.250. The molecule has 0 bridgehead atoms. The number of halogens is 1. The summed E-state index contributed by atoms with van der Waals surface area (Å²) in [5.74, 6) is 0.351. The lowest BCUT2D eigenvalue weighted by Crippen LogP contribution is -2.23. The first-order chi connectivity index (χ1) is 9.56. The first-order valence-corrected chi connectivity index (χ1v) is 7.35. The lowest BCUT2D eigenvalue weighted by molar-refractivity contribution is 0.0946. The van der Waals surface area contributed by atoms with Crippen molar-refractivity contribution in [2.75, 3.05) is 0 Å². The molecule has 0 radical (unpaired) electrons. The fourth-order valence-electron chi connectivity index (χ4n) is 1.83. The van der Waals surface area contributed by atoms with Gasteiger partial charge in [0.25, 0.3) is 5.91 Å². The zero-order chi connectivity index (χ0) is 14.5. The predicted octanol–water partition coefficient (Wildman–Crippen LogP) is 3.90. The summed E-state index contributed by atoms with van der Waals surface area (Å²) in [5.41, 5.74) is 2.80. The molecule has 1 heterocycles. The Labute approximate surface area is 127 Å². The van der Waals surface area contributed by atoms with Gasteiger partial charge in [0.15, 0.2) is 0 Å². The molecule has 1 N–H and O–H groups in total. The maximum absolute atomic E-state index is 12.0. The van der Waals surface area contributed by atoms with Gasteiger partial charge in [0.1, 0.15) is 10.3 Å². The number of amides is 1. The van der Waals surface area contributed by atoms with E-state index in [0.29, 0.717) is 22.8 Å². The molecule has 2 aromatic rings. The molecular formula is C16H17BrN2O. The molecule has 0 atom stereocenters. The summed E-state index contributed by atoms with van der Waals surface area (Å²) >= 11 is 3.26. The van der Waals surface area contributed by atoms with Gasteiger partial charge in [0.2, 0.25) is 0 Å². The van der Waals surface area contributed by atoms with Crippen LogP contribution in [0.1, 0.15) is 41.4 Å². The van der Waals surface area contributed by atoms with E-state index in [4.69, 9.17) is 0 Å². The monoisotopic (exact) mass is 332 g/mol. The maximum Gasteiger partial charge on any atom is 0.270 e. The number of benzene rings is 1. The predicted molar refractivity (Wildman–Crippen MR) is 83.6 cm³/mol. The van der Waals surface area contributed by atoms with Crippen LogP contribution in [0, 0.1) is 0 Å². The Balaban J connectivity index is 1.96. The molecule has 1 amide bonds. The fourth-order valence-corrected chi connectivity index (χ4v) is 2.17. The molecule has 0 aliphatic rings. The van der Waals surface area contributed by atoms with Crippen molar-refractivity contribution in [3.8, 4) is 0 Å². The van der Waals surface area contributed by atoms with Crippen LogP contribution in [0.3, 0.4) is 0 Å². The second kappa shape index (κ2) is 6.66. The van der Waals surface area contributed by atoms with E-state index in [1.165, 1.54) is 5.56 Å². The second-order valence-electron chi connectivity index (χ2n) is 4.92. The lowest BCUT2D eigenvalue weighted by Gasteiger charge is -2.08. The number of hydrogen-bond acceptors (Lipinski definition) is 2. The topological polar surface area (TPSA) is 42.0 Å². The molecule has 20 heavy (non-hydrogen) atoms. The molecule has 0 spiro atoms. The molecule has 0 aliphatic heterocycles. The molecule has 4 heteroatoms. The Morgan fingerprint density at radius 3 is 2.50 bits per heavy atom. The Morgan fingerprint density at radius 1 is 1.20 bits per heavy atom. The molecule has 0 fully saturated rings. The highest BCUT2D eigenvalue weighted by molar-refractivity contribution is 9.10. The van der Waals surface area contributed by atoms with E-state index in [0.717, 1.165) is 5.56 Å². The number of carbonyl (C=O) groups excluding carboxylic acids is 1. The van der Waals surface area contributed by atoms with Crippen LogP contribution in [-0.2, 0) is 6.54 Å². The van der Waals surface area contributed by atoms with E-state index in [2.05, 4.69) is 52.2 Å². The Bertz CT molecular complexity index is 594. The van der Waals surface area contributed by atoms with Gasteiger partial charge in [-0.15, -0.1) is 0 Å². The van der Waals surface area contributed by atoms with Crippen LogP contribution in [-0.4, -0.2) is 10.9 Å². The summed E-state index contributed by atoms with van der Waals surface area (Å²) in [7, 11) is 0. The van der Waals surface area contributed by atoms with Crippen LogP contribution < -0.4 is 5.32 Å². The Morgan fingerprint density at radius 2 is 1.90 bits per heavy atom. The van der Waals surface area contributed by atoms with Gasteiger partial charge in [-0.05, 0) is 45.1 Å². The molecule has 0 aliphatic carbocycles. The number of nitrogens with one attached hydrogen (secondary N) is 1. The van der Waals surface area contributed by atoms with Crippen LogP contribution in [0.4, 0.5) is 0 Å². The molecule has 104 valence electrons. The van der Waals surface area contributed by atoms with Crippen LogP contribution in [0.5, 0.6) is 0 Å². The maximum atomic E-state index is 12.0. The average Bonchev–Trinajstić information content (AvgIpc) is 2.45. The van der Waals surface area contributed by atoms with Gasteiger partial charge in [-0.25, -0.2) is 4.98 Å². The third-order valence-electron chi connectivity index (χ3n) is 3.05. The van der Waals surface area contributed by atoms with Gasteiger partial charge < -0.3 is 5.32 Å². The van der Waals surface area contributed by atoms with E-state index in [9.17, 15) is 4.79 Å². The normalized spacial score (nSPS) is 10.6. The van der Waals surface area contributed by atoms with E-state index in [-0.39, 0.29) is 5.91 Å². The number of aromatic nitrogens is 1. The van der Waals surface area contributed by atoms with Crippen LogP contribution >= 0.6 is 15.9 Å². The SMILES string of the molecule is CC(C)c1ccc(CNC(=O)c2cccc(Br)n2)cc1. The minimum atomic E-state index is -0.167. The summed E-state index contributed by atoms with van der Waals surface area (Å²) in [6.07, 6.45) is 0. The largest absolute Gasteiger partial charge is 0.347 e. The molecule has 3 nitrogen and oxygen atoms in total. The van der Waals surface area contributed by atoms with Crippen LogP contribution in [0.25, 0.3) is 0 Å². The molecule has 2 rings (SSSR count). The third-order valence-corrected chi connectivity index (χ3v) is 3.49. The van der Waals surface area contributed by atoms with Crippen molar-refractivity contribution in [2.24, 2.45) is 0 Å². The summed E-state index contributed by atoms with van der Waals surface area (Å²) in [6.45, 7) is 4.83. The van der Waals surface area contributed by atoms with Gasteiger partial charge in [0.05, 0.1) is 0 Å². The van der Waals surface area contributed by atoms with Crippen molar-refractivity contribution in [3.63, 3.8) is 0 Å². The Hall–Kier alpha value is -1.68. The molecule has 1 aromatic carbocycles. The highest BCUT2D eigenvalue weighted by Gasteiger charge is 2.07. The van der Waals surface area contributed by atoms with Crippen molar-refractivity contribution in [1.82, 2.24) is 10.3 Å². The summed E-state index contributed by atoms with van der Waals surface area (Å²) < 4.78 is 0.659. The average molecular weight is 333 g/mol. The van der Waals surface area contributed by atoms with Crippen molar-refractivity contribution >= 4 is 21.8 Å². The summed E-state index contributed by atoms with van der Waals surface area (Å²) in [5, 5.41) is 2.87. The zero-order valence-corrected chi connectivity index (χ0v) is 13.1. The van der Waals surface area contributed by atoms with Crippen LogP contribution in [0.2, 0.25) is 0 Å². The number of pyridine rings is 1. The minimum Gasteiger partial charge on any atom is -0.347 e. The molecule has 0 unspecified atom stereocenters. The lowest BCUT2D eigenvalue weighted by atomic mass is 10.0. The van der Waals surface area contributed by atoms with E-state index >= 15 is 0 Å². The van der Waals surface area contributed by atoms with E-state index < -0.39 is 0 Å². The Kier molecular flexibility index (Phi) is 4.90. The molecule has 0 saturated carbocycles. The van der Waals surface area contributed by atoms with Crippen molar-refractivity contribution in [1.29, 1.82) is 0 Å². The quantitative estimate of drug-likeness (QED) is 0.863. The van der Waals surface area contributed by atoms with Gasteiger partial charge in [-0.1, -0.05) is 44.2 Å². The first kappa shape index (κ1) is 14.7. The highest BCUT2D eigenvalue weighted by atomic mass is 79.9.